The predicted octanol–water partition coefficient (Wildman–Crippen LogP) is 3.43. The predicted molar refractivity (Wildman–Crippen MR) is 110 cm³/mol. The first-order valence-electron chi connectivity index (χ1n) is 10.5. The normalized spacial score (nSPS) is 22.1. The summed E-state index contributed by atoms with van der Waals surface area (Å²) in [7, 11) is 0. The van der Waals surface area contributed by atoms with E-state index in [1.54, 1.807) is 0 Å². The molecule has 146 valence electrons. The van der Waals surface area contributed by atoms with Gasteiger partial charge in [0, 0.05) is 11.9 Å². The summed E-state index contributed by atoms with van der Waals surface area (Å²) < 4.78 is 0. The Bertz CT molecular complexity index is 897. The second-order valence-corrected chi connectivity index (χ2v) is 7.97. The molecule has 2 atom stereocenters. The Labute approximate surface area is 165 Å². The van der Waals surface area contributed by atoms with E-state index in [0.717, 1.165) is 49.7 Å². The van der Waals surface area contributed by atoms with Gasteiger partial charge in [0.2, 0.25) is 0 Å². The maximum Gasteiger partial charge on any atom is 0.123 e. The van der Waals surface area contributed by atoms with Crippen LogP contribution < -0.4 is 10.6 Å². The summed E-state index contributed by atoms with van der Waals surface area (Å²) >= 11 is 0. The number of H-pyrrole nitrogens is 2. The zero-order valence-corrected chi connectivity index (χ0v) is 16.2. The monoisotopic (exact) mass is 376 g/mol. The minimum Gasteiger partial charge on any atom is -0.345 e. The molecule has 28 heavy (non-hydrogen) atoms. The van der Waals surface area contributed by atoms with Gasteiger partial charge < -0.3 is 20.6 Å². The van der Waals surface area contributed by atoms with Crippen LogP contribution in [0.5, 0.6) is 0 Å². The molecule has 2 saturated heterocycles. The largest absolute Gasteiger partial charge is 0.345 e. The van der Waals surface area contributed by atoms with Gasteiger partial charge in [0.25, 0.3) is 0 Å². The fourth-order valence-corrected chi connectivity index (χ4v) is 4.31. The van der Waals surface area contributed by atoms with Crippen LogP contribution in [0.25, 0.3) is 11.3 Å². The standard InChI is InChI=1S/C22H28N6/c1-3-18(23-11-1)21-25-13-17(27-21)10-7-15-5-8-16(9-6-15)20-14-26-22(28-20)19-4-2-12-24-19/h5-6,8-9,13-14,18-19,23-24H,1-4,7,10-12H2,(H,25,27)(H,26,28). The lowest BCUT2D eigenvalue weighted by molar-refractivity contribution is 0.611. The molecule has 0 aliphatic carbocycles. The smallest absolute Gasteiger partial charge is 0.123 e. The quantitative estimate of drug-likeness (QED) is 0.531. The van der Waals surface area contributed by atoms with Crippen molar-refractivity contribution in [2.75, 3.05) is 13.1 Å². The maximum atomic E-state index is 4.57. The van der Waals surface area contributed by atoms with Gasteiger partial charge >= 0.3 is 0 Å². The minimum atomic E-state index is 0.381. The van der Waals surface area contributed by atoms with Crippen molar-refractivity contribution in [1.29, 1.82) is 0 Å². The van der Waals surface area contributed by atoms with E-state index in [2.05, 4.69) is 54.8 Å². The van der Waals surface area contributed by atoms with Gasteiger partial charge in [-0.2, -0.15) is 0 Å². The molecule has 2 aromatic heterocycles. The topological polar surface area (TPSA) is 81.4 Å². The first kappa shape index (κ1) is 17.6. The van der Waals surface area contributed by atoms with Gasteiger partial charge in [-0.15, -0.1) is 0 Å². The van der Waals surface area contributed by atoms with Gasteiger partial charge in [0.15, 0.2) is 0 Å². The van der Waals surface area contributed by atoms with E-state index in [4.69, 9.17) is 0 Å². The Morgan fingerprint density at radius 3 is 2.14 bits per heavy atom. The lowest BCUT2D eigenvalue weighted by atomic mass is 10.1. The molecule has 0 bridgehead atoms. The van der Waals surface area contributed by atoms with Crippen LogP contribution in [0.1, 0.15) is 60.7 Å². The second kappa shape index (κ2) is 7.89. The Morgan fingerprint density at radius 2 is 1.46 bits per heavy atom. The third-order valence-electron chi connectivity index (χ3n) is 5.97. The van der Waals surface area contributed by atoms with Crippen LogP contribution in [0.2, 0.25) is 0 Å². The fraction of sp³-hybridized carbons (Fsp3) is 0.455. The van der Waals surface area contributed by atoms with Gasteiger partial charge in [0.05, 0.1) is 24.0 Å². The molecule has 0 radical (unpaired) electrons. The van der Waals surface area contributed by atoms with E-state index in [9.17, 15) is 0 Å². The lowest BCUT2D eigenvalue weighted by Gasteiger charge is -2.06. The third kappa shape index (κ3) is 3.75. The SMILES string of the molecule is c1cc(-c2cnc(C3CCCN3)[nH]2)ccc1CCc1cnc(C2CCCN2)[nH]1. The van der Waals surface area contributed by atoms with Crippen LogP contribution in [0.4, 0.5) is 0 Å². The number of nitrogens with zero attached hydrogens (tertiary/aromatic N) is 2. The van der Waals surface area contributed by atoms with Crippen molar-refractivity contribution in [3.63, 3.8) is 0 Å². The van der Waals surface area contributed by atoms with Crippen LogP contribution in [-0.2, 0) is 12.8 Å². The van der Waals surface area contributed by atoms with Crippen molar-refractivity contribution in [3.05, 3.63) is 59.6 Å². The molecule has 4 N–H and O–H groups in total. The zero-order chi connectivity index (χ0) is 18.8. The molecule has 0 amide bonds. The molecular formula is C22H28N6. The number of imidazole rings is 2. The molecule has 2 fully saturated rings. The summed E-state index contributed by atoms with van der Waals surface area (Å²) in [6, 6.07) is 9.61. The molecule has 5 rings (SSSR count). The number of aromatic nitrogens is 4. The highest BCUT2D eigenvalue weighted by Crippen LogP contribution is 2.25. The summed E-state index contributed by atoms with van der Waals surface area (Å²) in [5.41, 5.74) is 4.85. The van der Waals surface area contributed by atoms with Crippen molar-refractivity contribution >= 4 is 0 Å². The fourth-order valence-electron chi connectivity index (χ4n) is 4.31. The molecule has 6 nitrogen and oxygen atoms in total. The minimum absolute atomic E-state index is 0.381. The number of nitrogens with one attached hydrogen (secondary N) is 4. The van der Waals surface area contributed by atoms with Crippen molar-refractivity contribution in [3.8, 4) is 11.3 Å². The summed E-state index contributed by atoms with van der Waals surface area (Å²) in [4.78, 5) is 16.1. The molecule has 1 aromatic carbocycles. The number of hydrogen-bond acceptors (Lipinski definition) is 4. The van der Waals surface area contributed by atoms with Crippen molar-refractivity contribution in [2.45, 2.75) is 50.6 Å². The summed E-state index contributed by atoms with van der Waals surface area (Å²) in [5, 5.41) is 6.99. The van der Waals surface area contributed by atoms with E-state index in [1.807, 2.05) is 12.4 Å². The van der Waals surface area contributed by atoms with Gasteiger partial charge in [-0.25, -0.2) is 9.97 Å². The first-order valence-corrected chi connectivity index (χ1v) is 10.5. The Balaban J connectivity index is 1.19. The highest BCUT2D eigenvalue weighted by atomic mass is 15.0. The van der Waals surface area contributed by atoms with E-state index in [0.29, 0.717) is 12.1 Å². The molecular weight excluding hydrogens is 348 g/mol. The zero-order valence-electron chi connectivity index (χ0n) is 16.2. The van der Waals surface area contributed by atoms with Crippen molar-refractivity contribution in [2.24, 2.45) is 0 Å². The highest BCUT2D eigenvalue weighted by Gasteiger charge is 2.20. The van der Waals surface area contributed by atoms with Gasteiger partial charge in [-0.3, -0.25) is 0 Å². The number of aryl methyl sites for hydroxylation is 2. The summed E-state index contributed by atoms with van der Waals surface area (Å²) in [6.45, 7) is 2.19. The Hall–Kier alpha value is -2.44. The summed E-state index contributed by atoms with van der Waals surface area (Å²) in [5.74, 6) is 2.15. The van der Waals surface area contributed by atoms with Crippen LogP contribution in [0, 0.1) is 0 Å². The summed E-state index contributed by atoms with van der Waals surface area (Å²) in [6.07, 6.45) is 10.8. The average Bonchev–Trinajstić information content (AvgIpc) is 3.53. The molecule has 2 aliphatic rings. The lowest BCUT2D eigenvalue weighted by Crippen LogP contribution is -2.14. The maximum absolute atomic E-state index is 4.57. The number of benzene rings is 1. The third-order valence-corrected chi connectivity index (χ3v) is 5.97. The van der Waals surface area contributed by atoms with E-state index in [-0.39, 0.29) is 0 Å². The van der Waals surface area contributed by atoms with E-state index >= 15 is 0 Å². The molecule has 2 unspecified atom stereocenters. The molecule has 3 aromatic rings. The van der Waals surface area contributed by atoms with E-state index < -0.39 is 0 Å². The van der Waals surface area contributed by atoms with Crippen molar-refractivity contribution < 1.29 is 0 Å². The number of hydrogen-bond donors (Lipinski definition) is 4. The first-order chi connectivity index (χ1) is 13.8. The van der Waals surface area contributed by atoms with E-state index in [1.165, 1.54) is 36.1 Å². The second-order valence-electron chi connectivity index (χ2n) is 7.97. The molecule has 0 saturated carbocycles. The van der Waals surface area contributed by atoms with Gasteiger partial charge in [-0.1, -0.05) is 24.3 Å². The van der Waals surface area contributed by atoms with Crippen LogP contribution in [0.15, 0.2) is 36.7 Å². The number of rotatable bonds is 6. The van der Waals surface area contributed by atoms with Crippen LogP contribution in [0.3, 0.4) is 0 Å². The van der Waals surface area contributed by atoms with Crippen molar-refractivity contribution in [1.82, 2.24) is 30.6 Å². The van der Waals surface area contributed by atoms with Gasteiger partial charge in [0.1, 0.15) is 11.6 Å². The van der Waals surface area contributed by atoms with Crippen LogP contribution in [-0.4, -0.2) is 33.0 Å². The Morgan fingerprint density at radius 1 is 0.786 bits per heavy atom. The molecule has 2 aliphatic heterocycles. The van der Waals surface area contributed by atoms with Gasteiger partial charge in [-0.05, 0) is 62.7 Å². The van der Waals surface area contributed by atoms with Crippen LogP contribution >= 0.6 is 0 Å². The Kier molecular flexibility index (Phi) is 4.97. The molecule has 4 heterocycles. The molecule has 6 heteroatoms. The number of aromatic amines is 2. The average molecular weight is 377 g/mol. The highest BCUT2D eigenvalue weighted by molar-refractivity contribution is 5.59. The molecule has 0 spiro atoms.